The van der Waals surface area contributed by atoms with Gasteiger partial charge in [0.2, 0.25) is 0 Å². The van der Waals surface area contributed by atoms with Crippen LogP contribution in [0.25, 0.3) is 16.9 Å². The summed E-state index contributed by atoms with van der Waals surface area (Å²) in [6, 6.07) is 11.1. The maximum absolute atomic E-state index is 12.8. The molecule has 0 bridgehead atoms. The molecule has 1 fully saturated rings. The fourth-order valence-corrected chi connectivity index (χ4v) is 4.07. The Labute approximate surface area is 203 Å². The second-order valence-electron chi connectivity index (χ2n) is 9.77. The number of rotatable bonds is 5. The number of imidazole rings is 1. The molecule has 3 heterocycles. The van der Waals surface area contributed by atoms with E-state index in [9.17, 15) is 14.4 Å². The van der Waals surface area contributed by atoms with Gasteiger partial charge in [-0.05, 0) is 57.4 Å². The van der Waals surface area contributed by atoms with Gasteiger partial charge in [0, 0.05) is 43.2 Å². The van der Waals surface area contributed by atoms with Gasteiger partial charge in [0.05, 0.1) is 11.6 Å². The summed E-state index contributed by atoms with van der Waals surface area (Å²) in [7, 11) is 0. The van der Waals surface area contributed by atoms with Gasteiger partial charge in [-0.1, -0.05) is 18.2 Å². The molecule has 35 heavy (non-hydrogen) atoms. The molecule has 0 atom stereocenters. The topological polar surface area (TPSA) is 113 Å². The van der Waals surface area contributed by atoms with Gasteiger partial charge in [0.15, 0.2) is 0 Å². The summed E-state index contributed by atoms with van der Waals surface area (Å²) >= 11 is 0. The lowest BCUT2D eigenvalue weighted by molar-refractivity contribution is -0.143. The van der Waals surface area contributed by atoms with E-state index in [0.717, 1.165) is 22.5 Å². The molecule has 2 N–H and O–H groups in total. The minimum Gasteiger partial charge on any atom is -0.481 e. The molecule has 184 valence electrons. The number of ether oxygens (including phenoxy) is 1. The highest BCUT2D eigenvalue weighted by molar-refractivity contribution is 5.94. The smallest absolute Gasteiger partial charge is 0.407 e. The monoisotopic (exact) mass is 478 g/mol. The number of likely N-dealkylation sites (tertiary alicyclic amines) is 1. The normalized spacial score (nSPS) is 14.7. The minimum absolute atomic E-state index is 0.0856. The first-order valence-electron chi connectivity index (χ1n) is 11.7. The second kappa shape index (κ2) is 9.77. The van der Waals surface area contributed by atoms with Crippen LogP contribution in [-0.4, -0.2) is 56.1 Å². The number of aromatic nitrogens is 2. The molecule has 3 aromatic rings. The first kappa shape index (κ1) is 24.3. The minimum atomic E-state index is -0.791. The number of carboxylic acids is 1. The van der Waals surface area contributed by atoms with Gasteiger partial charge in [0.25, 0.3) is 5.91 Å². The Morgan fingerprint density at radius 1 is 1.06 bits per heavy atom. The Bertz CT molecular complexity index is 1230. The van der Waals surface area contributed by atoms with Crippen molar-refractivity contribution < 1.29 is 24.2 Å². The van der Waals surface area contributed by atoms with Crippen LogP contribution in [0, 0.1) is 5.92 Å². The number of benzene rings is 1. The molecule has 0 aliphatic carbocycles. The number of hydrogen-bond acceptors (Lipinski definition) is 5. The molecule has 9 heteroatoms. The van der Waals surface area contributed by atoms with Crippen molar-refractivity contribution in [2.75, 3.05) is 13.1 Å². The molecule has 9 nitrogen and oxygen atoms in total. The fraction of sp³-hybridized carbons (Fsp3) is 0.385. The zero-order valence-corrected chi connectivity index (χ0v) is 20.2. The fourth-order valence-electron chi connectivity index (χ4n) is 4.07. The summed E-state index contributed by atoms with van der Waals surface area (Å²) in [5.41, 5.74) is 3.33. The number of aliphatic carboxylic acids is 1. The maximum Gasteiger partial charge on any atom is 0.407 e. The Kier molecular flexibility index (Phi) is 6.77. The van der Waals surface area contributed by atoms with Gasteiger partial charge in [-0.15, -0.1) is 0 Å². The molecule has 4 rings (SSSR count). The summed E-state index contributed by atoms with van der Waals surface area (Å²) in [6.45, 7) is 6.69. The third-order valence-corrected chi connectivity index (χ3v) is 5.91. The quantitative estimate of drug-likeness (QED) is 0.574. The molecule has 1 saturated heterocycles. The summed E-state index contributed by atoms with van der Waals surface area (Å²) in [5.74, 6) is -1.25. The predicted molar refractivity (Wildman–Crippen MR) is 130 cm³/mol. The molecule has 1 aliphatic heterocycles. The lowest BCUT2D eigenvalue weighted by Crippen LogP contribution is -2.40. The van der Waals surface area contributed by atoms with Gasteiger partial charge in [-0.25, -0.2) is 9.78 Å². The number of nitrogens with zero attached hydrogens (tertiary/aromatic N) is 3. The van der Waals surface area contributed by atoms with Crippen molar-refractivity contribution >= 4 is 23.6 Å². The van der Waals surface area contributed by atoms with E-state index in [4.69, 9.17) is 9.84 Å². The largest absolute Gasteiger partial charge is 0.481 e. The predicted octanol–water partition coefficient (Wildman–Crippen LogP) is 3.96. The van der Waals surface area contributed by atoms with Crippen LogP contribution < -0.4 is 5.32 Å². The average Bonchev–Trinajstić information content (AvgIpc) is 3.25. The van der Waals surface area contributed by atoms with Gasteiger partial charge < -0.3 is 24.5 Å². The highest BCUT2D eigenvalue weighted by atomic mass is 16.6. The molecule has 2 aromatic heterocycles. The lowest BCUT2D eigenvalue weighted by atomic mass is 9.96. The molecule has 0 radical (unpaired) electrons. The van der Waals surface area contributed by atoms with Crippen LogP contribution >= 0.6 is 0 Å². The highest BCUT2D eigenvalue weighted by Gasteiger charge is 2.27. The van der Waals surface area contributed by atoms with E-state index in [-0.39, 0.29) is 11.8 Å². The van der Waals surface area contributed by atoms with Crippen LogP contribution in [0.15, 0.2) is 48.8 Å². The molecule has 0 unspecified atom stereocenters. The number of piperidine rings is 1. The summed E-state index contributed by atoms with van der Waals surface area (Å²) < 4.78 is 7.16. The number of carbonyl (C=O) groups excluding carboxylic acids is 2. The first-order valence-corrected chi connectivity index (χ1v) is 11.7. The van der Waals surface area contributed by atoms with E-state index in [2.05, 4.69) is 10.3 Å². The van der Waals surface area contributed by atoms with Crippen molar-refractivity contribution in [2.24, 2.45) is 5.92 Å². The van der Waals surface area contributed by atoms with Crippen molar-refractivity contribution in [3.8, 4) is 11.3 Å². The number of nitrogens with one attached hydrogen (secondary N) is 1. The standard InChI is InChI=1S/C26H30N4O5/c1-26(2,3)35-25(34)27-14-17-4-9-22-28-21(16-30(22)15-17)18-5-7-19(8-6-18)23(31)29-12-10-20(11-13-29)24(32)33/h4-9,15-16,20H,10-14H2,1-3H3,(H,27,34)(H,32,33). The van der Waals surface area contributed by atoms with Gasteiger partial charge in [-0.2, -0.15) is 0 Å². The van der Waals surface area contributed by atoms with Crippen molar-refractivity contribution in [3.05, 3.63) is 59.9 Å². The third kappa shape index (κ3) is 5.98. The van der Waals surface area contributed by atoms with E-state index in [1.165, 1.54) is 0 Å². The second-order valence-corrected chi connectivity index (χ2v) is 9.77. The zero-order valence-electron chi connectivity index (χ0n) is 20.2. The van der Waals surface area contributed by atoms with Crippen LogP contribution in [0.4, 0.5) is 4.79 Å². The number of fused-ring (bicyclic) bond motifs is 1. The van der Waals surface area contributed by atoms with Crippen LogP contribution in [-0.2, 0) is 16.1 Å². The summed E-state index contributed by atoms with van der Waals surface area (Å²) in [6.07, 6.45) is 4.30. The Morgan fingerprint density at radius 2 is 1.74 bits per heavy atom. The molecular weight excluding hydrogens is 448 g/mol. The lowest BCUT2D eigenvalue weighted by Gasteiger charge is -2.30. The van der Waals surface area contributed by atoms with Gasteiger partial charge in [-0.3, -0.25) is 9.59 Å². The average molecular weight is 479 g/mol. The van der Waals surface area contributed by atoms with E-state index >= 15 is 0 Å². The summed E-state index contributed by atoms with van der Waals surface area (Å²) in [4.78, 5) is 42.2. The molecule has 0 spiro atoms. The van der Waals surface area contributed by atoms with E-state index in [1.54, 1.807) is 17.0 Å². The number of amides is 2. The zero-order chi connectivity index (χ0) is 25.2. The van der Waals surface area contributed by atoms with E-state index < -0.39 is 17.7 Å². The highest BCUT2D eigenvalue weighted by Crippen LogP contribution is 2.23. The Balaban J connectivity index is 1.41. The van der Waals surface area contributed by atoms with E-state index in [0.29, 0.717) is 38.0 Å². The van der Waals surface area contributed by atoms with Crippen LogP contribution in [0.5, 0.6) is 0 Å². The maximum atomic E-state index is 12.8. The third-order valence-electron chi connectivity index (χ3n) is 5.91. The molecule has 1 aromatic carbocycles. The van der Waals surface area contributed by atoms with Crippen molar-refractivity contribution in [2.45, 2.75) is 45.8 Å². The number of hydrogen-bond donors (Lipinski definition) is 2. The Hall–Kier alpha value is -3.88. The van der Waals surface area contributed by atoms with Crippen LogP contribution in [0.1, 0.15) is 49.5 Å². The summed E-state index contributed by atoms with van der Waals surface area (Å²) in [5, 5.41) is 11.9. The molecule has 1 aliphatic rings. The molecule has 0 saturated carbocycles. The Morgan fingerprint density at radius 3 is 2.37 bits per heavy atom. The van der Waals surface area contributed by atoms with Crippen molar-refractivity contribution in [1.29, 1.82) is 0 Å². The number of pyridine rings is 1. The van der Waals surface area contributed by atoms with Crippen molar-refractivity contribution in [3.63, 3.8) is 0 Å². The van der Waals surface area contributed by atoms with E-state index in [1.807, 2.05) is 61.8 Å². The van der Waals surface area contributed by atoms with Gasteiger partial charge >= 0.3 is 12.1 Å². The first-order chi connectivity index (χ1) is 16.6. The van der Waals surface area contributed by atoms with Crippen molar-refractivity contribution in [1.82, 2.24) is 19.6 Å². The number of carboxylic acid groups (broad SMARTS) is 1. The molecule has 2 amide bonds. The number of carbonyl (C=O) groups is 3. The van der Waals surface area contributed by atoms with Gasteiger partial charge in [0.1, 0.15) is 11.2 Å². The number of alkyl carbamates (subject to hydrolysis) is 1. The SMILES string of the molecule is CC(C)(C)OC(=O)NCc1ccc2nc(-c3ccc(C(=O)N4CCC(C(=O)O)CC4)cc3)cn2c1. The van der Waals surface area contributed by atoms with Crippen LogP contribution in [0.2, 0.25) is 0 Å². The van der Waals surface area contributed by atoms with Crippen LogP contribution in [0.3, 0.4) is 0 Å². The molecular formula is C26H30N4O5.